The monoisotopic (exact) mass is 303 g/mol. The largest absolute Gasteiger partial charge is 0.467 e. The topological polar surface area (TPSA) is 54.8 Å². The molecule has 0 N–H and O–H groups in total. The van der Waals surface area contributed by atoms with Crippen LogP contribution in [0.3, 0.4) is 0 Å². The number of hydrogen-bond acceptors (Lipinski definition) is 3. The van der Waals surface area contributed by atoms with Crippen molar-refractivity contribution in [2.24, 2.45) is 0 Å². The van der Waals surface area contributed by atoms with Gasteiger partial charge in [0.15, 0.2) is 0 Å². The number of hydrogen-bond donors (Lipinski definition) is 0. The number of rotatable bonds is 4. The van der Waals surface area contributed by atoms with Gasteiger partial charge in [-0.1, -0.05) is 6.07 Å². The zero-order chi connectivity index (χ0) is 16.2. The van der Waals surface area contributed by atoms with E-state index in [1.54, 1.807) is 12.5 Å². The van der Waals surface area contributed by atoms with Crippen LogP contribution in [0.4, 0.5) is 0 Å². The highest BCUT2D eigenvalue weighted by molar-refractivity contribution is 5.88. The van der Waals surface area contributed by atoms with Crippen molar-refractivity contribution < 1.29 is 4.42 Å². The maximum atomic E-state index is 9.44. The predicted molar refractivity (Wildman–Crippen MR) is 89.4 cm³/mol. The van der Waals surface area contributed by atoms with Gasteiger partial charge in [-0.25, -0.2) is 0 Å². The molecule has 3 aromatic rings. The van der Waals surface area contributed by atoms with Crippen LogP contribution in [0.1, 0.15) is 28.4 Å². The molecule has 0 bridgehead atoms. The first-order valence-corrected chi connectivity index (χ1v) is 7.41. The summed E-state index contributed by atoms with van der Waals surface area (Å²) in [6.45, 7) is 4.79. The summed E-state index contributed by atoms with van der Waals surface area (Å²) in [6, 6.07) is 13.7. The van der Waals surface area contributed by atoms with E-state index in [4.69, 9.17) is 4.42 Å². The Morgan fingerprint density at radius 1 is 1.30 bits per heavy atom. The van der Waals surface area contributed by atoms with E-state index in [1.165, 1.54) is 0 Å². The Kier molecular flexibility index (Phi) is 4.11. The van der Waals surface area contributed by atoms with Crippen LogP contribution in [-0.2, 0) is 6.54 Å². The number of pyridine rings is 1. The molecule has 0 saturated carbocycles. The Labute approximate surface area is 135 Å². The number of nitriles is 1. The number of allylic oxidation sites excluding steroid dienone is 1. The standard InChI is InChI=1S/C19H17N3O/c1-14-10-16(11-17(12-20)19-7-3-4-8-21-19)15(2)22(14)13-18-6-5-9-23-18/h3-11H,13H2,1-2H3/b17-11+. The Hall–Kier alpha value is -3.06. The SMILES string of the molecule is Cc1cc(/C=C(\C#N)c2ccccn2)c(C)n1Cc1ccco1. The molecule has 0 aliphatic carbocycles. The molecule has 0 unspecified atom stereocenters. The van der Waals surface area contributed by atoms with Gasteiger partial charge in [-0.05, 0) is 55.8 Å². The number of aromatic nitrogens is 2. The molecule has 0 aromatic carbocycles. The lowest BCUT2D eigenvalue weighted by molar-refractivity contribution is 0.489. The molecule has 23 heavy (non-hydrogen) atoms. The van der Waals surface area contributed by atoms with E-state index in [2.05, 4.69) is 35.5 Å². The first-order valence-electron chi connectivity index (χ1n) is 7.41. The van der Waals surface area contributed by atoms with E-state index in [1.807, 2.05) is 36.4 Å². The van der Waals surface area contributed by atoms with E-state index in [0.29, 0.717) is 17.8 Å². The van der Waals surface area contributed by atoms with Crippen LogP contribution < -0.4 is 0 Å². The third-order valence-electron chi connectivity index (χ3n) is 3.87. The predicted octanol–water partition coefficient (Wildman–Crippen LogP) is 4.21. The fourth-order valence-electron chi connectivity index (χ4n) is 2.62. The van der Waals surface area contributed by atoms with Crippen molar-refractivity contribution in [1.82, 2.24) is 9.55 Å². The highest BCUT2D eigenvalue weighted by Crippen LogP contribution is 2.22. The maximum Gasteiger partial charge on any atom is 0.123 e. The van der Waals surface area contributed by atoms with Gasteiger partial charge >= 0.3 is 0 Å². The zero-order valence-electron chi connectivity index (χ0n) is 13.2. The minimum atomic E-state index is 0.559. The summed E-state index contributed by atoms with van der Waals surface area (Å²) in [5.74, 6) is 0.910. The van der Waals surface area contributed by atoms with Crippen molar-refractivity contribution in [3.63, 3.8) is 0 Å². The molecule has 0 radical (unpaired) electrons. The molecule has 0 atom stereocenters. The molecule has 3 rings (SSSR count). The summed E-state index contributed by atoms with van der Waals surface area (Å²) in [5, 5.41) is 9.44. The molecule has 4 nitrogen and oxygen atoms in total. The lowest BCUT2D eigenvalue weighted by Gasteiger charge is -2.07. The van der Waals surface area contributed by atoms with E-state index >= 15 is 0 Å². The molecule has 0 aliphatic rings. The molecule has 0 saturated heterocycles. The lowest BCUT2D eigenvalue weighted by atomic mass is 10.1. The van der Waals surface area contributed by atoms with E-state index in [-0.39, 0.29) is 0 Å². The van der Waals surface area contributed by atoms with Crippen LogP contribution in [-0.4, -0.2) is 9.55 Å². The van der Waals surface area contributed by atoms with Crippen LogP contribution in [0.15, 0.2) is 53.3 Å². The molecule has 0 spiro atoms. The van der Waals surface area contributed by atoms with Gasteiger partial charge in [0.25, 0.3) is 0 Å². The molecular formula is C19H17N3O. The van der Waals surface area contributed by atoms with Crippen molar-refractivity contribution in [1.29, 1.82) is 5.26 Å². The quantitative estimate of drug-likeness (QED) is 0.679. The summed E-state index contributed by atoms with van der Waals surface area (Å²) in [7, 11) is 0. The molecule has 0 fully saturated rings. The first-order chi connectivity index (χ1) is 11.2. The summed E-state index contributed by atoms with van der Waals surface area (Å²) >= 11 is 0. The molecule has 0 aliphatic heterocycles. The van der Waals surface area contributed by atoms with E-state index in [9.17, 15) is 5.26 Å². The average Bonchev–Trinajstić information content (AvgIpc) is 3.17. The minimum absolute atomic E-state index is 0.559. The van der Waals surface area contributed by atoms with Gasteiger partial charge in [-0.2, -0.15) is 5.26 Å². The molecule has 4 heteroatoms. The third kappa shape index (κ3) is 3.09. The van der Waals surface area contributed by atoms with Crippen molar-refractivity contribution in [3.8, 4) is 6.07 Å². The highest BCUT2D eigenvalue weighted by Gasteiger charge is 2.11. The lowest BCUT2D eigenvalue weighted by Crippen LogP contribution is -2.02. The number of furan rings is 1. The van der Waals surface area contributed by atoms with Gasteiger partial charge in [0.2, 0.25) is 0 Å². The Morgan fingerprint density at radius 3 is 2.83 bits per heavy atom. The normalized spacial score (nSPS) is 11.4. The maximum absolute atomic E-state index is 9.44. The fourth-order valence-corrected chi connectivity index (χ4v) is 2.62. The van der Waals surface area contributed by atoms with Gasteiger partial charge in [-0.15, -0.1) is 0 Å². The second kappa shape index (κ2) is 6.37. The number of nitrogens with zero attached hydrogens (tertiary/aromatic N) is 3. The van der Waals surface area contributed by atoms with Gasteiger partial charge in [0.05, 0.1) is 24.1 Å². The van der Waals surface area contributed by atoms with Gasteiger partial charge < -0.3 is 8.98 Å². The summed E-state index contributed by atoms with van der Waals surface area (Å²) in [5.41, 5.74) is 4.50. The fraction of sp³-hybridized carbons (Fsp3) is 0.158. The van der Waals surface area contributed by atoms with Crippen LogP contribution in [0.2, 0.25) is 0 Å². The molecule has 0 amide bonds. The van der Waals surface area contributed by atoms with Gasteiger partial charge in [-0.3, -0.25) is 4.98 Å². The van der Waals surface area contributed by atoms with Crippen molar-refractivity contribution in [2.45, 2.75) is 20.4 Å². The molecule has 114 valence electrons. The summed E-state index contributed by atoms with van der Waals surface area (Å²) < 4.78 is 7.61. The number of aryl methyl sites for hydroxylation is 1. The second-order valence-corrected chi connectivity index (χ2v) is 5.38. The van der Waals surface area contributed by atoms with Crippen LogP contribution in [0, 0.1) is 25.2 Å². The van der Waals surface area contributed by atoms with E-state index in [0.717, 1.165) is 22.7 Å². The van der Waals surface area contributed by atoms with E-state index < -0.39 is 0 Å². The van der Waals surface area contributed by atoms with Crippen LogP contribution >= 0.6 is 0 Å². The molecular weight excluding hydrogens is 286 g/mol. The Balaban J connectivity index is 1.98. The Bertz CT molecular complexity index is 865. The smallest absolute Gasteiger partial charge is 0.123 e. The van der Waals surface area contributed by atoms with Gasteiger partial charge in [0.1, 0.15) is 11.8 Å². The highest BCUT2D eigenvalue weighted by atomic mass is 16.3. The van der Waals surface area contributed by atoms with Crippen LogP contribution in [0.5, 0.6) is 0 Å². The Morgan fingerprint density at radius 2 is 2.17 bits per heavy atom. The summed E-state index contributed by atoms with van der Waals surface area (Å²) in [4.78, 5) is 4.25. The average molecular weight is 303 g/mol. The van der Waals surface area contributed by atoms with Crippen molar-refractivity contribution >= 4 is 11.6 Å². The van der Waals surface area contributed by atoms with Crippen molar-refractivity contribution in [3.05, 3.63) is 77.3 Å². The summed E-state index contributed by atoms with van der Waals surface area (Å²) in [6.07, 6.45) is 5.27. The van der Waals surface area contributed by atoms with Crippen LogP contribution in [0.25, 0.3) is 11.6 Å². The van der Waals surface area contributed by atoms with Gasteiger partial charge in [0, 0.05) is 17.6 Å². The zero-order valence-corrected chi connectivity index (χ0v) is 13.2. The third-order valence-corrected chi connectivity index (χ3v) is 3.87. The molecule has 3 heterocycles. The first kappa shape index (κ1) is 14.9. The minimum Gasteiger partial charge on any atom is -0.467 e. The molecule has 3 aromatic heterocycles. The second-order valence-electron chi connectivity index (χ2n) is 5.38. The van der Waals surface area contributed by atoms with Crippen molar-refractivity contribution in [2.75, 3.05) is 0 Å².